The summed E-state index contributed by atoms with van der Waals surface area (Å²) in [6.45, 7) is 1.92. The van der Waals surface area contributed by atoms with Gasteiger partial charge in [0, 0.05) is 13.7 Å². The van der Waals surface area contributed by atoms with E-state index < -0.39 is 0 Å². The molecule has 1 aromatic heterocycles. The van der Waals surface area contributed by atoms with Crippen molar-refractivity contribution in [1.29, 1.82) is 0 Å². The SMILES string of the molecule is Cc1ccc(NC(=O)Cn2cnc3ccc(Br)cc3c2=O)cc1I. The highest BCUT2D eigenvalue weighted by Gasteiger charge is 2.09. The van der Waals surface area contributed by atoms with Gasteiger partial charge in [0.25, 0.3) is 5.56 Å². The van der Waals surface area contributed by atoms with E-state index in [2.05, 4.69) is 48.8 Å². The van der Waals surface area contributed by atoms with Gasteiger partial charge in [-0.05, 0) is 65.4 Å². The number of nitrogens with zero attached hydrogens (tertiary/aromatic N) is 2. The molecule has 0 radical (unpaired) electrons. The summed E-state index contributed by atoms with van der Waals surface area (Å²) in [6.07, 6.45) is 1.40. The number of aryl methyl sites for hydroxylation is 1. The molecule has 5 nitrogen and oxygen atoms in total. The van der Waals surface area contributed by atoms with Crippen molar-refractivity contribution < 1.29 is 4.79 Å². The Labute approximate surface area is 160 Å². The Balaban J connectivity index is 1.84. The zero-order valence-corrected chi connectivity index (χ0v) is 16.5. The van der Waals surface area contributed by atoms with Gasteiger partial charge in [-0.2, -0.15) is 0 Å². The first-order valence-corrected chi connectivity index (χ1v) is 9.02. The number of amides is 1. The van der Waals surface area contributed by atoms with Gasteiger partial charge in [-0.25, -0.2) is 4.98 Å². The van der Waals surface area contributed by atoms with Crippen LogP contribution >= 0.6 is 38.5 Å². The summed E-state index contributed by atoms with van der Waals surface area (Å²) >= 11 is 5.56. The average Bonchev–Trinajstić information content (AvgIpc) is 2.54. The van der Waals surface area contributed by atoms with Crippen molar-refractivity contribution in [2.75, 3.05) is 5.32 Å². The second-order valence-electron chi connectivity index (χ2n) is 5.35. The van der Waals surface area contributed by atoms with E-state index in [0.29, 0.717) is 16.6 Å². The second-order valence-corrected chi connectivity index (χ2v) is 7.43. The number of hydrogen-bond acceptors (Lipinski definition) is 3. The zero-order chi connectivity index (χ0) is 17.3. The smallest absolute Gasteiger partial charge is 0.261 e. The molecule has 1 heterocycles. The van der Waals surface area contributed by atoms with Crippen molar-refractivity contribution in [1.82, 2.24) is 9.55 Å². The summed E-state index contributed by atoms with van der Waals surface area (Å²) in [6, 6.07) is 11.0. The zero-order valence-electron chi connectivity index (χ0n) is 12.7. The normalized spacial score (nSPS) is 10.8. The van der Waals surface area contributed by atoms with Gasteiger partial charge in [0.15, 0.2) is 0 Å². The molecule has 3 aromatic rings. The van der Waals surface area contributed by atoms with Crippen LogP contribution in [0.25, 0.3) is 10.9 Å². The maximum Gasteiger partial charge on any atom is 0.261 e. The minimum atomic E-state index is -0.270. The minimum Gasteiger partial charge on any atom is -0.324 e. The standard InChI is InChI=1S/C17H13BrIN3O2/c1-10-2-4-12(7-14(10)19)21-16(23)8-22-9-20-15-5-3-11(18)6-13(15)17(22)24/h2-7,9H,8H2,1H3,(H,21,23). The van der Waals surface area contributed by atoms with Gasteiger partial charge < -0.3 is 5.32 Å². The van der Waals surface area contributed by atoms with Crippen LogP contribution in [-0.4, -0.2) is 15.5 Å². The highest BCUT2D eigenvalue weighted by molar-refractivity contribution is 14.1. The van der Waals surface area contributed by atoms with Gasteiger partial charge >= 0.3 is 0 Å². The molecular weight excluding hydrogens is 485 g/mol. The molecule has 1 N–H and O–H groups in total. The molecule has 0 aliphatic rings. The van der Waals surface area contributed by atoms with Crippen LogP contribution in [-0.2, 0) is 11.3 Å². The molecular formula is C17H13BrIN3O2. The third-order valence-corrected chi connectivity index (χ3v) is 5.21. The van der Waals surface area contributed by atoms with Crippen LogP contribution < -0.4 is 10.9 Å². The molecule has 0 fully saturated rings. The molecule has 0 aliphatic carbocycles. The topological polar surface area (TPSA) is 64.0 Å². The largest absolute Gasteiger partial charge is 0.324 e. The molecule has 3 rings (SSSR count). The molecule has 0 saturated heterocycles. The fraction of sp³-hybridized carbons (Fsp3) is 0.118. The van der Waals surface area contributed by atoms with E-state index in [9.17, 15) is 9.59 Å². The van der Waals surface area contributed by atoms with Gasteiger partial charge in [-0.1, -0.05) is 22.0 Å². The van der Waals surface area contributed by atoms with Gasteiger partial charge in [-0.3, -0.25) is 14.2 Å². The highest BCUT2D eigenvalue weighted by atomic mass is 127. The Kier molecular flexibility index (Phi) is 5.00. The number of aromatic nitrogens is 2. The molecule has 0 saturated carbocycles. The number of hydrogen-bond donors (Lipinski definition) is 1. The van der Waals surface area contributed by atoms with Crippen molar-refractivity contribution in [2.45, 2.75) is 13.5 Å². The maximum atomic E-state index is 12.5. The van der Waals surface area contributed by atoms with Gasteiger partial charge in [0.1, 0.15) is 6.54 Å². The molecule has 122 valence electrons. The van der Waals surface area contributed by atoms with Gasteiger partial charge in [0.05, 0.1) is 17.2 Å². The summed E-state index contributed by atoms with van der Waals surface area (Å²) < 4.78 is 3.17. The summed E-state index contributed by atoms with van der Waals surface area (Å²) in [5.74, 6) is -0.270. The number of carbonyl (C=O) groups excluding carboxylic acids is 1. The van der Waals surface area contributed by atoms with Gasteiger partial charge in [0.2, 0.25) is 5.91 Å². The number of benzene rings is 2. The van der Waals surface area contributed by atoms with Crippen molar-refractivity contribution in [3.8, 4) is 0 Å². The molecule has 7 heteroatoms. The molecule has 0 atom stereocenters. The summed E-state index contributed by atoms with van der Waals surface area (Å²) in [4.78, 5) is 28.9. The number of anilines is 1. The minimum absolute atomic E-state index is 0.0846. The first kappa shape index (κ1) is 17.1. The van der Waals surface area contributed by atoms with Crippen LogP contribution in [0.15, 0.2) is 52.0 Å². The molecule has 24 heavy (non-hydrogen) atoms. The first-order chi connectivity index (χ1) is 11.4. The lowest BCUT2D eigenvalue weighted by Crippen LogP contribution is -2.27. The molecule has 2 aromatic carbocycles. The fourth-order valence-electron chi connectivity index (χ4n) is 2.27. The summed E-state index contributed by atoms with van der Waals surface area (Å²) in [5.41, 5.74) is 2.22. The quantitative estimate of drug-likeness (QED) is 0.561. The van der Waals surface area contributed by atoms with E-state index >= 15 is 0 Å². The van der Waals surface area contributed by atoms with Crippen LogP contribution in [0.1, 0.15) is 5.56 Å². The highest BCUT2D eigenvalue weighted by Crippen LogP contribution is 2.17. The second kappa shape index (κ2) is 7.02. The summed E-state index contributed by atoms with van der Waals surface area (Å²) in [7, 11) is 0. The van der Waals surface area contributed by atoms with Crippen molar-refractivity contribution in [3.05, 3.63) is 66.7 Å². The lowest BCUT2D eigenvalue weighted by Gasteiger charge is -2.09. The Bertz CT molecular complexity index is 1000. The van der Waals surface area contributed by atoms with Crippen LogP contribution in [0, 0.1) is 10.5 Å². The van der Waals surface area contributed by atoms with Crippen LogP contribution in [0.5, 0.6) is 0 Å². The third kappa shape index (κ3) is 3.67. The predicted molar refractivity (Wildman–Crippen MR) is 106 cm³/mol. The molecule has 0 aliphatic heterocycles. The Morgan fingerprint density at radius 3 is 2.83 bits per heavy atom. The van der Waals surface area contributed by atoms with Crippen molar-refractivity contribution in [3.63, 3.8) is 0 Å². The molecule has 0 bridgehead atoms. The van der Waals surface area contributed by atoms with Crippen molar-refractivity contribution >= 4 is 61.0 Å². The Morgan fingerprint density at radius 1 is 1.29 bits per heavy atom. The van der Waals surface area contributed by atoms with E-state index in [4.69, 9.17) is 0 Å². The van der Waals surface area contributed by atoms with Crippen LogP contribution in [0.3, 0.4) is 0 Å². The van der Waals surface area contributed by atoms with E-state index in [1.54, 1.807) is 12.1 Å². The van der Waals surface area contributed by atoms with E-state index in [1.807, 2.05) is 31.2 Å². The van der Waals surface area contributed by atoms with E-state index in [0.717, 1.165) is 13.6 Å². The first-order valence-electron chi connectivity index (χ1n) is 7.15. The van der Waals surface area contributed by atoms with Gasteiger partial charge in [-0.15, -0.1) is 0 Å². The average molecular weight is 498 g/mol. The van der Waals surface area contributed by atoms with Crippen LogP contribution in [0.4, 0.5) is 5.69 Å². The van der Waals surface area contributed by atoms with E-state index in [-0.39, 0.29) is 18.0 Å². The lowest BCUT2D eigenvalue weighted by atomic mass is 10.2. The Hall–Kier alpha value is -1.74. The molecule has 0 unspecified atom stereocenters. The summed E-state index contributed by atoms with van der Waals surface area (Å²) in [5, 5.41) is 3.28. The fourth-order valence-corrected chi connectivity index (χ4v) is 3.15. The number of halogens is 2. The maximum absolute atomic E-state index is 12.5. The number of nitrogens with one attached hydrogen (secondary N) is 1. The lowest BCUT2D eigenvalue weighted by molar-refractivity contribution is -0.116. The van der Waals surface area contributed by atoms with Crippen LogP contribution in [0.2, 0.25) is 0 Å². The molecule has 1 amide bonds. The number of fused-ring (bicyclic) bond motifs is 1. The monoisotopic (exact) mass is 497 g/mol. The van der Waals surface area contributed by atoms with Crippen molar-refractivity contribution in [2.24, 2.45) is 0 Å². The number of rotatable bonds is 3. The van der Waals surface area contributed by atoms with E-state index in [1.165, 1.54) is 10.9 Å². The third-order valence-electron chi connectivity index (χ3n) is 3.56. The predicted octanol–water partition coefficient (Wildman–Crippen LogP) is 3.71. The number of carbonyl (C=O) groups is 1. The Morgan fingerprint density at radius 2 is 2.08 bits per heavy atom. The molecule has 0 spiro atoms.